The Morgan fingerprint density at radius 1 is 1.23 bits per heavy atom. The van der Waals surface area contributed by atoms with E-state index in [-0.39, 0.29) is 5.91 Å². The van der Waals surface area contributed by atoms with Crippen LogP contribution in [0, 0.1) is 0 Å². The predicted octanol–water partition coefficient (Wildman–Crippen LogP) is 1.90. The molecule has 0 unspecified atom stereocenters. The molecule has 2 aromatic rings. The maximum absolute atomic E-state index is 12.6. The van der Waals surface area contributed by atoms with E-state index < -0.39 is 0 Å². The second kappa shape index (κ2) is 5.57. The second-order valence-electron chi connectivity index (χ2n) is 6.13. The molecule has 1 amide bonds. The molecule has 2 aliphatic rings. The van der Waals surface area contributed by atoms with Gasteiger partial charge in [-0.05, 0) is 36.6 Å². The normalized spacial score (nSPS) is 24.6. The summed E-state index contributed by atoms with van der Waals surface area (Å²) in [6.45, 7) is 2.84. The Hall–Kier alpha value is -2.14. The molecule has 5 nitrogen and oxygen atoms in total. The first-order chi connectivity index (χ1) is 10.8. The summed E-state index contributed by atoms with van der Waals surface area (Å²) in [6, 6.07) is 8.68. The first-order valence-corrected chi connectivity index (χ1v) is 7.90. The summed E-state index contributed by atoms with van der Waals surface area (Å²) in [5, 5.41) is 0. The largest absolute Gasteiger partial charge is 0.357 e. The summed E-state index contributed by atoms with van der Waals surface area (Å²) in [7, 11) is 0. The molecule has 0 radical (unpaired) electrons. The van der Waals surface area contributed by atoms with Gasteiger partial charge < -0.3 is 9.88 Å². The van der Waals surface area contributed by atoms with Gasteiger partial charge in [-0.3, -0.25) is 14.7 Å². The molecule has 2 aliphatic heterocycles. The van der Waals surface area contributed by atoms with Crippen LogP contribution in [0.4, 0.5) is 0 Å². The van der Waals surface area contributed by atoms with Crippen molar-refractivity contribution < 1.29 is 4.79 Å². The van der Waals surface area contributed by atoms with Crippen molar-refractivity contribution in [3.8, 4) is 0 Å². The molecule has 0 aromatic carbocycles. The van der Waals surface area contributed by atoms with Gasteiger partial charge >= 0.3 is 0 Å². The van der Waals surface area contributed by atoms with Gasteiger partial charge in [0.1, 0.15) is 5.69 Å². The van der Waals surface area contributed by atoms with E-state index in [9.17, 15) is 4.79 Å². The van der Waals surface area contributed by atoms with Crippen molar-refractivity contribution in [2.75, 3.05) is 13.1 Å². The Labute approximate surface area is 130 Å². The summed E-state index contributed by atoms with van der Waals surface area (Å²) in [5.74, 6) is 0.140. The molecule has 114 valence electrons. The molecular weight excluding hydrogens is 276 g/mol. The van der Waals surface area contributed by atoms with E-state index in [4.69, 9.17) is 0 Å². The van der Waals surface area contributed by atoms with Crippen molar-refractivity contribution in [2.45, 2.75) is 31.5 Å². The fourth-order valence-corrected chi connectivity index (χ4v) is 3.87. The Kier molecular flexibility index (Phi) is 3.42. The number of likely N-dealkylation sites (tertiary alicyclic amines) is 2. The summed E-state index contributed by atoms with van der Waals surface area (Å²) >= 11 is 0. The minimum Gasteiger partial charge on any atom is -0.357 e. The lowest BCUT2D eigenvalue weighted by molar-refractivity contribution is 0.0726. The van der Waals surface area contributed by atoms with Crippen molar-refractivity contribution >= 4 is 5.91 Å². The zero-order chi connectivity index (χ0) is 14.9. The molecule has 5 heteroatoms. The van der Waals surface area contributed by atoms with Gasteiger partial charge in [0.05, 0.1) is 0 Å². The minimum atomic E-state index is 0.140. The van der Waals surface area contributed by atoms with Crippen molar-refractivity contribution in [1.29, 1.82) is 0 Å². The number of rotatable bonds is 3. The van der Waals surface area contributed by atoms with Crippen LogP contribution in [-0.2, 0) is 6.54 Å². The lowest BCUT2D eigenvalue weighted by Gasteiger charge is -2.25. The summed E-state index contributed by atoms with van der Waals surface area (Å²) in [6.07, 6.45) is 7.69. The predicted molar refractivity (Wildman–Crippen MR) is 83.3 cm³/mol. The third kappa shape index (κ3) is 2.31. The maximum atomic E-state index is 12.6. The van der Waals surface area contributed by atoms with Crippen LogP contribution >= 0.6 is 0 Å². The number of fused-ring (bicyclic) bond motifs is 1. The van der Waals surface area contributed by atoms with Crippen molar-refractivity contribution in [2.24, 2.45) is 0 Å². The van der Waals surface area contributed by atoms with E-state index in [1.807, 2.05) is 36.8 Å². The molecule has 4 rings (SSSR count). The molecule has 22 heavy (non-hydrogen) atoms. The molecule has 2 fully saturated rings. The van der Waals surface area contributed by atoms with Crippen LogP contribution in [0.1, 0.15) is 28.9 Å². The Morgan fingerprint density at radius 2 is 2.14 bits per heavy atom. The first kappa shape index (κ1) is 13.5. The van der Waals surface area contributed by atoms with Gasteiger partial charge in [0.2, 0.25) is 0 Å². The second-order valence-corrected chi connectivity index (χ2v) is 6.13. The van der Waals surface area contributed by atoms with E-state index >= 15 is 0 Å². The maximum Gasteiger partial charge on any atom is 0.270 e. The SMILES string of the molecule is O=C(c1ccc[nH]1)N1CC[C@@H]2[C@@H]1CCN2Cc1cccnc1. The van der Waals surface area contributed by atoms with Gasteiger partial charge in [0, 0.05) is 50.3 Å². The van der Waals surface area contributed by atoms with Crippen LogP contribution in [0.5, 0.6) is 0 Å². The zero-order valence-electron chi connectivity index (χ0n) is 12.5. The van der Waals surface area contributed by atoms with Gasteiger partial charge in [-0.25, -0.2) is 0 Å². The average molecular weight is 296 g/mol. The number of aromatic amines is 1. The standard InChI is InChI=1S/C17H20N4O/c22-17(14-4-2-8-19-14)21-10-6-15-16(21)5-9-20(15)12-13-3-1-7-18-11-13/h1-4,7-8,11,15-16,19H,5-6,9-10,12H2/t15-,16+/m1/s1. The minimum absolute atomic E-state index is 0.140. The lowest BCUT2D eigenvalue weighted by Crippen LogP contribution is -2.39. The van der Waals surface area contributed by atoms with Gasteiger partial charge in [-0.15, -0.1) is 0 Å². The van der Waals surface area contributed by atoms with Crippen molar-refractivity contribution in [3.63, 3.8) is 0 Å². The number of nitrogens with zero attached hydrogens (tertiary/aromatic N) is 3. The van der Waals surface area contributed by atoms with Crippen LogP contribution in [0.2, 0.25) is 0 Å². The molecule has 4 heterocycles. The fourth-order valence-electron chi connectivity index (χ4n) is 3.87. The van der Waals surface area contributed by atoms with E-state index in [1.54, 1.807) is 0 Å². The van der Waals surface area contributed by atoms with Gasteiger partial charge in [-0.1, -0.05) is 6.07 Å². The van der Waals surface area contributed by atoms with Crippen molar-refractivity contribution in [1.82, 2.24) is 19.8 Å². The molecule has 0 aliphatic carbocycles. The molecule has 2 saturated heterocycles. The number of hydrogen-bond donors (Lipinski definition) is 1. The number of H-pyrrole nitrogens is 1. The monoisotopic (exact) mass is 296 g/mol. The highest BCUT2D eigenvalue weighted by Gasteiger charge is 2.44. The number of hydrogen-bond acceptors (Lipinski definition) is 3. The Bertz CT molecular complexity index is 640. The van der Waals surface area contributed by atoms with Crippen LogP contribution in [-0.4, -0.2) is 50.8 Å². The Balaban J connectivity index is 1.46. The van der Waals surface area contributed by atoms with Crippen LogP contribution < -0.4 is 0 Å². The van der Waals surface area contributed by atoms with Crippen LogP contribution in [0.3, 0.4) is 0 Å². The van der Waals surface area contributed by atoms with Gasteiger partial charge in [0.25, 0.3) is 5.91 Å². The smallest absolute Gasteiger partial charge is 0.270 e. The topological polar surface area (TPSA) is 52.2 Å². The lowest BCUT2D eigenvalue weighted by atomic mass is 10.1. The third-order valence-corrected chi connectivity index (χ3v) is 4.89. The molecule has 0 bridgehead atoms. The van der Waals surface area contributed by atoms with E-state index in [1.165, 1.54) is 5.56 Å². The number of pyridine rings is 1. The zero-order valence-corrected chi connectivity index (χ0v) is 12.5. The van der Waals surface area contributed by atoms with E-state index in [0.717, 1.165) is 32.5 Å². The Morgan fingerprint density at radius 3 is 2.91 bits per heavy atom. The molecule has 0 saturated carbocycles. The van der Waals surface area contributed by atoms with Crippen molar-refractivity contribution in [3.05, 3.63) is 54.1 Å². The number of carbonyl (C=O) groups excluding carboxylic acids is 1. The highest BCUT2D eigenvalue weighted by molar-refractivity contribution is 5.93. The van der Waals surface area contributed by atoms with Gasteiger partial charge in [-0.2, -0.15) is 0 Å². The van der Waals surface area contributed by atoms with Crippen LogP contribution in [0.15, 0.2) is 42.9 Å². The number of aromatic nitrogens is 2. The third-order valence-electron chi connectivity index (χ3n) is 4.89. The van der Waals surface area contributed by atoms with E-state index in [2.05, 4.69) is 25.8 Å². The number of amides is 1. The first-order valence-electron chi connectivity index (χ1n) is 7.90. The average Bonchev–Trinajstić information content (AvgIpc) is 3.26. The fraction of sp³-hybridized carbons (Fsp3) is 0.412. The quantitative estimate of drug-likeness (QED) is 0.941. The highest BCUT2D eigenvalue weighted by atomic mass is 16.2. The van der Waals surface area contributed by atoms with Gasteiger partial charge in [0.15, 0.2) is 0 Å². The van der Waals surface area contributed by atoms with Crippen LogP contribution in [0.25, 0.3) is 0 Å². The number of carbonyl (C=O) groups is 1. The number of nitrogens with one attached hydrogen (secondary N) is 1. The molecule has 0 spiro atoms. The highest BCUT2D eigenvalue weighted by Crippen LogP contribution is 2.33. The van der Waals surface area contributed by atoms with E-state index in [0.29, 0.717) is 17.8 Å². The molecule has 2 aromatic heterocycles. The molecule has 2 atom stereocenters. The molecule has 1 N–H and O–H groups in total. The summed E-state index contributed by atoms with van der Waals surface area (Å²) in [5.41, 5.74) is 1.95. The summed E-state index contributed by atoms with van der Waals surface area (Å²) in [4.78, 5) is 24.4. The summed E-state index contributed by atoms with van der Waals surface area (Å²) < 4.78 is 0. The molecular formula is C17H20N4O.